The van der Waals surface area contributed by atoms with E-state index in [1.807, 2.05) is 0 Å². The van der Waals surface area contributed by atoms with Gasteiger partial charge in [0.2, 0.25) is 0 Å². The smallest absolute Gasteiger partial charge is 0 e. The number of hydrogen-bond donors (Lipinski definition) is 0. The summed E-state index contributed by atoms with van der Waals surface area (Å²) in [5.74, 6) is 0. The van der Waals surface area contributed by atoms with Crippen LogP contribution >= 0.6 is 0 Å². The van der Waals surface area contributed by atoms with Crippen molar-refractivity contribution in [2.24, 2.45) is 0 Å². The van der Waals surface area contributed by atoms with E-state index in [1.54, 1.807) is 0 Å². The van der Waals surface area contributed by atoms with E-state index in [0.29, 0.717) is 0 Å². The van der Waals surface area contributed by atoms with Crippen molar-refractivity contribution in [3.05, 3.63) is 13.1 Å². The van der Waals surface area contributed by atoms with Crippen LogP contribution in [0.1, 0.15) is 0 Å². The zero-order chi connectivity index (χ0) is 4.00. The average molecular weight is 227 g/mol. The summed E-state index contributed by atoms with van der Waals surface area (Å²) in [7, 11) is 0. The van der Waals surface area contributed by atoms with E-state index in [-0.39, 0.29) is 51.2 Å². The van der Waals surface area contributed by atoms with E-state index in [1.165, 1.54) is 0 Å². The molecule has 0 heterocycles. The summed E-state index contributed by atoms with van der Waals surface area (Å²) in [5, 5.41) is 12.5. The minimum Gasteiger partial charge on any atom is -0.512 e. The summed E-state index contributed by atoms with van der Waals surface area (Å²) in [6, 6.07) is 0. The molecule has 0 aliphatic heterocycles. The molecule has 7 heavy (non-hydrogen) atoms. The van der Waals surface area contributed by atoms with Crippen molar-refractivity contribution in [3.63, 3.8) is 0 Å². The maximum Gasteiger partial charge on any atom is 0 e. The Kier molecular flexibility index (Phi) is 4940. The number of hydrogen-bond acceptors (Lipinski definition) is 2. The third-order valence-corrected chi connectivity index (χ3v) is 0. The molecule has 0 aliphatic carbocycles. The van der Waals surface area contributed by atoms with Crippen LogP contribution in [0.25, 0.3) is 0 Å². The molecule has 1 radical (unpaired) electrons. The molecule has 0 spiro atoms. The fourth-order valence-electron chi connectivity index (χ4n) is 0. The Morgan fingerprint density at radius 3 is 0.714 bits per heavy atom. The first kappa shape index (κ1) is 50.0. The van der Waals surface area contributed by atoms with Crippen LogP contribution in [0.4, 0.5) is 0 Å². The zero-order valence-electron chi connectivity index (χ0n) is 2.90. The minimum absolute atomic E-state index is 0. The largest absolute Gasteiger partial charge is 0.512 e. The van der Waals surface area contributed by atoms with Gasteiger partial charge < -0.3 is 23.7 Å². The molecule has 0 aromatic carbocycles. The van der Waals surface area contributed by atoms with Crippen LogP contribution in [0.15, 0.2) is 0 Å². The zero-order valence-corrected chi connectivity index (χ0v) is 6.05. The van der Waals surface area contributed by atoms with Gasteiger partial charge in [0.25, 0.3) is 0 Å². The summed E-state index contributed by atoms with van der Waals surface area (Å²) >= 11 is 0. The first-order chi connectivity index (χ1) is 2.00. The topological polar surface area (TPSA) is 47.6 Å². The second kappa shape index (κ2) is 692. The van der Waals surface area contributed by atoms with Gasteiger partial charge in [-0.1, -0.05) is 0 Å². The second-order valence-corrected chi connectivity index (χ2v) is 0. The van der Waals surface area contributed by atoms with Gasteiger partial charge in [-0.2, -0.15) is 0 Å². The van der Waals surface area contributed by atoms with Crippen LogP contribution in [0.2, 0.25) is 0 Å². The fraction of sp³-hybridized carbons (Fsp3) is 0. The van der Waals surface area contributed by atoms with Gasteiger partial charge in [0, 0.05) is 51.2 Å². The van der Waals surface area contributed by atoms with E-state index >= 15 is 0 Å². The Morgan fingerprint density at radius 1 is 0.714 bits per heavy atom. The van der Waals surface area contributed by atoms with Crippen LogP contribution in [-0.4, -0.2) is 0 Å². The van der Waals surface area contributed by atoms with Crippen molar-refractivity contribution >= 4 is 0 Å². The predicted molar refractivity (Wildman–Crippen MR) is 9.94 cm³/mol. The number of nitrogens with zero attached hydrogens (tertiary/aromatic N) is 2. The summed E-state index contributed by atoms with van der Waals surface area (Å²) in [6.07, 6.45) is 0. The van der Waals surface area contributed by atoms with Gasteiger partial charge in [-0.25, -0.2) is 0 Å². The van der Waals surface area contributed by atoms with E-state index in [0.717, 1.165) is 0 Å². The molecule has 0 fully saturated rings. The first-order valence-electron chi connectivity index (χ1n) is 0.447. The third kappa shape index (κ3) is 465. The van der Waals surface area contributed by atoms with Crippen molar-refractivity contribution in [2.75, 3.05) is 0 Å². The normalized spacial score (nSPS) is 0.571. The molecular formula is C2CuFe2N2-2. The van der Waals surface area contributed by atoms with Crippen LogP contribution < -0.4 is 0 Å². The maximum absolute atomic E-state index is 6.25. The van der Waals surface area contributed by atoms with Crippen molar-refractivity contribution in [2.45, 2.75) is 0 Å². The van der Waals surface area contributed by atoms with Gasteiger partial charge in [-0.05, 0) is 0 Å². The Morgan fingerprint density at radius 2 is 0.714 bits per heavy atom. The van der Waals surface area contributed by atoms with Gasteiger partial charge in [0.1, 0.15) is 0 Å². The van der Waals surface area contributed by atoms with E-state index in [2.05, 4.69) is 0 Å². The monoisotopic (exact) mass is 227 g/mol. The molecule has 0 amide bonds. The van der Waals surface area contributed by atoms with Gasteiger partial charge >= 0.3 is 0 Å². The van der Waals surface area contributed by atoms with Gasteiger partial charge in [-0.3, -0.25) is 0 Å². The Labute approximate surface area is 74.7 Å². The quantitative estimate of drug-likeness (QED) is 0.438. The first-order valence-corrected chi connectivity index (χ1v) is 0.447. The van der Waals surface area contributed by atoms with Crippen LogP contribution in [0, 0.1) is 23.7 Å². The molecule has 0 aromatic rings. The number of rotatable bonds is 0. The van der Waals surface area contributed by atoms with Crippen LogP contribution in [-0.2, 0) is 51.2 Å². The maximum atomic E-state index is 6.25. The van der Waals surface area contributed by atoms with Gasteiger partial charge in [0.15, 0.2) is 0 Å². The van der Waals surface area contributed by atoms with Crippen molar-refractivity contribution in [1.29, 1.82) is 10.5 Å². The molecular weight excluding hydrogens is 227 g/mol. The van der Waals surface area contributed by atoms with Crippen molar-refractivity contribution < 1.29 is 51.2 Å². The molecule has 0 aromatic heterocycles. The minimum atomic E-state index is 0. The molecule has 0 atom stereocenters. The average Bonchev–Trinajstić information content (AvgIpc) is 1.50. The molecule has 0 saturated heterocycles. The van der Waals surface area contributed by atoms with Crippen LogP contribution in [0.5, 0.6) is 0 Å². The molecule has 0 N–H and O–H groups in total. The molecule has 0 aliphatic rings. The van der Waals surface area contributed by atoms with Gasteiger partial charge in [-0.15, -0.1) is 0 Å². The van der Waals surface area contributed by atoms with Gasteiger partial charge in [0.05, 0.1) is 0 Å². The summed E-state index contributed by atoms with van der Waals surface area (Å²) in [4.78, 5) is 0. The van der Waals surface area contributed by atoms with Crippen molar-refractivity contribution in [1.82, 2.24) is 0 Å². The Balaban J connectivity index is -0.00000000267. The predicted octanol–water partition coefficient (Wildman–Crippen LogP) is 0.185. The Bertz CT molecular complexity index is 29.2. The standard InChI is InChI=1S/2CN.Cu.2Fe/c2*1-2;;;/q2*-1;;;. The molecule has 5 heteroatoms. The molecule has 0 unspecified atom stereocenters. The molecule has 2 nitrogen and oxygen atoms in total. The van der Waals surface area contributed by atoms with E-state index < -0.39 is 0 Å². The summed E-state index contributed by atoms with van der Waals surface area (Å²) < 4.78 is 0. The third-order valence-electron chi connectivity index (χ3n) is 0. The molecule has 47 valence electrons. The summed E-state index contributed by atoms with van der Waals surface area (Å²) in [5.41, 5.74) is 0. The molecule has 0 saturated carbocycles. The molecule has 0 rings (SSSR count). The SMILES string of the molecule is [C-]#N.[C-]#N.[Cu].[Fe].[Fe]. The van der Waals surface area contributed by atoms with Crippen LogP contribution in [0.3, 0.4) is 0 Å². The van der Waals surface area contributed by atoms with E-state index in [4.69, 9.17) is 23.7 Å². The van der Waals surface area contributed by atoms with E-state index in [9.17, 15) is 0 Å². The Hall–Kier alpha value is 0.538. The summed E-state index contributed by atoms with van der Waals surface area (Å²) in [6.45, 7) is 9.50. The molecule has 0 bridgehead atoms. The second-order valence-electron chi connectivity index (χ2n) is 0. The fourth-order valence-corrected chi connectivity index (χ4v) is 0. The van der Waals surface area contributed by atoms with Crippen molar-refractivity contribution in [3.8, 4) is 0 Å².